The average molecular weight is 262 g/mol. The molecule has 0 bridgehead atoms. The van der Waals surface area contributed by atoms with Crippen LogP contribution in [0.4, 0.5) is 8.78 Å². The summed E-state index contributed by atoms with van der Waals surface area (Å²) in [6, 6.07) is 10.7. The van der Waals surface area contributed by atoms with Crippen molar-refractivity contribution in [2.75, 3.05) is 0 Å². The molecule has 2 aromatic carbocycles. The fourth-order valence-corrected chi connectivity index (χ4v) is 2.17. The fourth-order valence-electron chi connectivity index (χ4n) is 2.17. The van der Waals surface area contributed by atoms with Crippen LogP contribution in [0.5, 0.6) is 0 Å². The Balaban J connectivity index is 2.51. The second kappa shape index (κ2) is 5.10. The predicted octanol–water partition coefficient (Wildman–Crippen LogP) is 3.78. The lowest BCUT2D eigenvalue weighted by molar-refractivity contribution is 0.0934. The molecule has 3 heteroatoms. The number of aliphatic hydroxyl groups is 1. The maximum Gasteiger partial charge on any atom is 0.132 e. The molecule has 0 saturated carbocycles. The standard InChI is InChI=1S/C16H16F2O/c1-3-11-7-9-12(10-8-11)16(2,19)15-13(17)5-4-6-14(15)18/h4-10,19H,3H2,1-2H3. The average Bonchev–Trinajstić information content (AvgIpc) is 2.38. The van der Waals surface area contributed by atoms with Gasteiger partial charge in [0, 0.05) is 0 Å². The molecule has 1 atom stereocenters. The summed E-state index contributed by atoms with van der Waals surface area (Å²) in [5, 5.41) is 10.5. The van der Waals surface area contributed by atoms with Crippen molar-refractivity contribution in [3.63, 3.8) is 0 Å². The van der Waals surface area contributed by atoms with E-state index in [2.05, 4.69) is 0 Å². The Morgan fingerprint density at radius 2 is 1.53 bits per heavy atom. The summed E-state index contributed by atoms with van der Waals surface area (Å²) in [5.74, 6) is -1.49. The van der Waals surface area contributed by atoms with Crippen LogP contribution >= 0.6 is 0 Å². The zero-order chi connectivity index (χ0) is 14.0. The highest BCUT2D eigenvalue weighted by atomic mass is 19.1. The molecule has 0 aromatic heterocycles. The Morgan fingerprint density at radius 3 is 2.00 bits per heavy atom. The predicted molar refractivity (Wildman–Crippen MR) is 70.9 cm³/mol. The monoisotopic (exact) mass is 262 g/mol. The van der Waals surface area contributed by atoms with Gasteiger partial charge in [-0.15, -0.1) is 0 Å². The Labute approximate surface area is 111 Å². The summed E-state index contributed by atoms with van der Waals surface area (Å²) in [4.78, 5) is 0. The summed E-state index contributed by atoms with van der Waals surface area (Å²) >= 11 is 0. The molecule has 0 amide bonds. The molecule has 19 heavy (non-hydrogen) atoms. The Morgan fingerprint density at radius 1 is 1.00 bits per heavy atom. The largest absolute Gasteiger partial charge is 0.380 e. The summed E-state index contributed by atoms with van der Waals surface area (Å²) in [6.45, 7) is 3.42. The first-order valence-electron chi connectivity index (χ1n) is 6.23. The van der Waals surface area contributed by atoms with Gasteiger partial charge in [-0.2, -0.15) is 0 Å². The topological polar surface area (TPSA) is 20.2 Å². The third-order valence-electron chi connectivity index (χ3n) is 3.37. The number of benzene rings is 2. The van der Waals surface area contributed by atoms with E-state index < -0.39 is 17.2 Å². The third-order valence-corrected chi connectivity index (χ3v) is 3.37. The second-order valence-corrected chi connectivity index (χ2v) is 4.72. The maximum absolute atomic E-state index is 13.8. The van der Waals surface area contributed by atoms with E-state index in [0.29, 0.717) is 5.56 Å². The molecule has 0 aliphatic heterocycles. The molecule has 1 N–H and O–H groups in total. The van der Waals surface area contributed by atoms with Crippen molar-refractivity contribution in [1.82, 2.24) is 0 Å². The van der Waals surface area contributed by atoms with E-state index in [9.17, 15) is 13.9 Å². The molecule has 0 aliphatic rings. The number of rotatable bonds is 3. The van der Waals surface area contributed by atoms with Crippen molar-refractivity contribution in [2.45, 2.75) is 25.9 Å². The lowest BCUT2D eigenvalue weighted by Gasteiger charge is -2.25. The molecule has 100 valence electrons. The van der Waals surface area contributed by atoms with E-state index in [1.54, 1.807) is 12.1 Å². The van der Waals surface area contributed by atoms with Crippen LogP contribution in [0.15, 0.2) is 42.5 Å². The van der Waals surface area contributed by atoms with Gasteiger partial charge in [0.1, 0.15) is 17.2 Å². The van der Waals surface area contributed by atoms with Crippen molar-refractivity contribution in [2.24, 2.45) is 0 Å². The number of aryl methyl sites for hydroxylation is 1. The third kappa shape index (κ3) is 2.51. The van der Waals surface area contributed by atoms with Gasteiger partial charge in [0.2, 0.25) is 0 Å². The van der Waals surface area contributed by atoms with E-state index in [0.717, 1.165) is 24.1 Å². The first-order valence-corrected chi connectivity index (χ1v) is 6.23. The molecule has 0 aliphatic carbocycles. The van der Waals surface area contributed by atoms with Gasteiger partial charge in [-0.05, 0) is 36.6 Å². The quantitative estimate of drug-likeness (QED) is 0.892. The zero-order valence-corrected chi connectivity index (χ0v) is 11.0. The molecule has 0 heterocycles. The van der Waals surface area contributed by atoms with Gasteiger partial charge in [0.25, 0.3) is 0 Å². The Hall–Kier alpha value is -1.74. The van der Waals surface area contributed by atoms with E-state index in [-0.39, 0.29) is 5.56 Å². The van der Waals surface area contributed by atoms with Crippen LogP contribution in [0.25, 0.3) is 0 Å². The van der Waals surface area contributed by atoms with Crippen LogP contribution in [0.1, 0.15) is 30.5 Å². The molecule has 1 nitrogen and oxygen atoms in total. The van der Waals surface area contributed by atoms with Gasteiger partial charge in [-0.3, -0.25) is 0 Å². The van der Waals surface area contributed by atoms with Crippen molar-refractivity contribution in [3.05, 3.63) is 70.8 Å². The van der Waals surface area contributed by atoms with Crippen LogP contribution in [-0.2, 0) is 12.0 Å². The van der Waals surface area contributed by atoms with Gasteiger partial charge in [0.05, 0.1) is 5.56 Å². The minimum atomic E-state index is -1.69. The highest BCUT2D eigenvalue weighted by Crippen LogP contribution is 2.32. The summed E-state index contributed by atoms with van der Waals surface area (Å²) in [6.07, 6.45) is 0.872. The van der Waals surface area contributed by atoms with Gasteiger partial charge in [-0.25, -0.2) is 8.78 Å². The Bertz CT molecular complexity index is 554. The van der Waals surface area contributed by atoms with Crippen LogP contribution in [0.3, 0.4) is 0 Å². The van der Waals surface area contributed by atoms with Gasteiger partial charge in [-0.1, -0.05) is 37.3 Å². The van der Waals surface area contributed by atoms with E-state index in [1.807, 2.05) is 19.1 Å². The first-order chi connectivity index (χ1) is 8.96. The van der Waals surface area contributed by atoms with Crippen LogP contribution < -0.4 is 0 Å². The molecule has 2 rings (SSSR count). The van der Waals surface area contributed by atoms with Crippen molar-refractivity contribution in [1.29, 1.82) is 0 Å². The molecule has 0 radical (unpaired) electrons. The molecule has 0 fully saturated rings. The summed E-state index contributed by atoms with van der Waals surface area (Å²) < 4.78 is 27.6. The molecular weight excluding hydrogens is 246 g/mol. The fraction of sp³-hybridized carbons (Fsp3) is 0.250. The van der Waals surface area contributed by atoms with Crippen LogP contribution in [-0.4, -0.2) is 5.11 Å². The molecule has 0 saturated heterocycles. The smallest absolute Gasteiger partial charge is 0.132 e. The molecule has 0 spiro atoms. The summed E-state index contributed by atoms with van der Waals surface area (Å²) in [7, 11) is 0. The van der Waals surface area contributed by atoms with Crippen molar-refractivity contribution >= 4 is 0 Å². The van der Waals surface area contributed by atoms with E-state index >= 15 is 0 Å². The lowest BCUT2D eigenvalue weighted by Crippen LogP contribution is -2.26. The first kappa shape index (κ1) is 13.7. The number of halogens is 2. The number of hydrogen-bond acceptors (Lipinski definition) is 1. The van der Waals surface area contributed by atoms with Crippen LogP contribution in [0, 0.1) is 11.6 Å². The molecule has 2 aromatic rings. The Kier molecular flexibility index (Phi) is 3.67. The van der Waals surface area contributed by atoms with Crippen LogP contribution in [0.2, 0.25) is 0 Å². The zero-order valence-electron chi connectivity index (χ0n) is 11.0. The maximum atomic E-state index is 13.8. The molecular formula is C16H16F2O. The van der Waals surface area contributed by atoms with Crippen molar-refractivity contribution < 1.29 is 13.9 Å². The van der Waals surface area contributed by atoms with Gasteiger partial charge in [0.15, 0.2) is 0 Å². The van der Waals surface area contributed by atoms with E-state index in [1.165, 1.54) is 13.0 Å². The number of hydrogen-bond donors (Lipinski definition) is 1. The highest BCUT2D eigenvalue weighted by Gasteiger charge is 2.31. The second-order valence-electron chi connectivity index (χ2n) is 4.72. The van der Waals surface area contributed by atoms with Gasteiger partial charge < -0.3 is 5.11 Å². The minimum absolute atomic E-state index is 0.320. The normalized spacial score (nSPS) is 14.2. The SMILES string of the molecule is CCc1ccc(C(C)(O)c2c(F)cccc2F)cc1. The minimum Gasteiger partial charge on any atom is -0.380 e. The van der Waals surface area contributed by atoms with Crippen molar-refractivity contribution in [3.8, 4) is 0 Å². The summed E-state index contributed by atoms with van der Waals surface area (Å²) in [5.41, 5.74) is -0.441. The van der Waals surface area contributed by atoms with E-state index in [4.69, 9.17) is 0 Å². The van der Waals surface area contributed by atoms with Gasteiger partial charge >= 0.3 is 0 Å². The lowest BCUT2D eigenvalue weighted by atomic mass is 9.87. The molecule has 1 unspecified atom stereocenters. The highest BCUT2D eigenvalue weighted by molar-refractivity contribution is 5.38.